The molecule has 0 aliphatic rings. The molecule has 0 saturated carbocycles. The second kappa shape index (κ2) is 4.77. The Morgan fingerprint density at radius 2 is 2.08 bits per heavy atom. The molecule has 0 aromatic carbocycles. The first-order valence-electron chi connectivity index (χ1n) is 4.19. The highest BCUT2D eigenvalue weighted by atomic mass is 14.3. The number of nitriles is 1. The number of allylic oxidation sites excluding steroid dienone is 3. The number of hydrogen-bond donors (Lipinski definition) is 0. The van der Waals surface area contributed by atoms with E-state index in [-0.39, 0.29) is 5.41 Å². The predicted molar refractivity (Wildman–Crippen MR) is 52.6 cm³/mol. The Labute approximate surface area is 75.4 Å². The molecule has 0 amide bonds. The molecule has 0 radical (unpaired) electrons. The van der Waals surface area contributed by atoms with Crippen molar-refractivity contribution in [1.29, 1.82) is 5.26 Å². The lowest BCUT2D eigenvalue weighted by atomic mass is 9.84. The fourth-order valence-electron chi connectivity index (χ4n) is 0.923. The Balaban J connectivity index is 4.26. The summed E-state index contributed by atoms with van der Waals surface area (Å²) in [6.45, 7) is 9.71. The highest BCUT2D eigenvalue weighted by Crippen LogP contribution is 2.26. The molecule has 0 bridgehead atoms. The lowest BCUT2D eigenvalue weighted by Crippen LogP contribution is -2.10. The first-order chi connectivity index (χ1) is 5.54. The van der Waals surface area contributed by atoms with E-state index in [1.54, 1.807) is 0 Å². The Bertz CT molecular complexity index is 216. The Morgan fingerprint density at radius 1 is 1.50 bits per heavy atom. The van der Waals surface area contributed by atoms with E-state index in [2.05, 4.69) is 18.7 Å². The number of hydrogen-bond acceptors (Lipinski definition) is 1. The fourth-order valence-corrected chi connectivity index (χ4v) is 0.923. The molecule has 0 saturated heterocycles. The second-order valence-corrected chi connectivity index (χ2v) is 3.65. The molecule has 66 valence electrons. The van der Waals surface area contributed by atoms with E-state index in [9.17, 15) is 0 Å². The summed E-state index contributed by atoms with van der Waals surface area (Å²) in [5.74, 6) is 0. The molecule has 0 rings (SSSR count). The average Bonchev–Trinajstić information content (AvgIpc) is 2.02. The van der Waals surface area contributed by atoms with Gasteiger partial charge >= 0.3 is 0 Å². The zero-order chi connectivity index (χ0) is 9.61. The summed E-state index contributed by atoms with van der Waals surface area (Å²) >= 11 is 0. The van der Waals surface area contributed by atoms with Crippen molar-refractivity contribution in [3.8, 4) is 6.07 Å². The van der Waals surface area contributed by atoms with Crippen molar-refractivity contribution in [2.24, 2.45) is 5.41 Å². The summed E-state index contributed by atoms with van der Waals surface area (Å²) in [6.07, 6.45) is 5.49. The van der Waals surface area contributed by atoms with Gasteiger partial charge in [0.2, 0.25) is 0 Å². The van der Waals surface area contributed by atoms with Crippen molar-refractivity contribution in [2.45, 2.75) is 33.6 Å². The van der Waals surface area contributed by atoms with E-state index in [0.29, 0.717) is 0 Å². The van der Waals surface area contributed by atoms with Gasteiger partial charge in [-0.15, -0.1) is 6.58 Å². The van der Waals surface area contributed by atoms with Crippen molar-refractivity contribution in [3.05, 3.63) is 24.3 Å². The van der Waals surface area contributed by atoms with Crippen molar-refractivity contribution in [2.75, 3.05) is 0 Å². The summed E-state index contributed by atoms with van der Waals surface area (Å²) in [6, 6.07) is 2.32. The molecular weight excluding hydrogens is 146 g/mol. The molecule has 0 aliphatic heterocycles. The maximum atomic E-state index is 8.90. The molecule has 0 unspecified atom stereocenters. The van der Waals surface area contributed by atoms with Crippen molar-refractivity contribution in [1.82, 2.24) is 0 Å². The van der Waals surface area contributed by atoms with Gasteiger partial charge in [0.1, 0.15) is 0 Å². The summed E-state index contributed by atoms with van der Waals surface area (Å²) in [4.78, 5) is 0. The van der Waals surface area contributed by atoms with E-state index in [1.807, 2.05) is 26.8 Å². The monoisotopic (exact) mass is 163 g/mol. The lowest BCUT2D eigenvalue weighted by Gasteiger charge is -2.16. The minimum atomic E-state index is -0.265. The average molecular weight is 163 g/mol. The van der Waals surface area contributed by atoms with Gasteiger partial charge in [-0.25, -0.2) is 0 Å². The van der Waals surface area contributed by atoms with E-state index < -0.39 is 0 Å². The minimum Gasteiger partial charge on any atom is -0.198 e. The van der Waals surface area contributed by atoms with Crippen LogP contribution in [0.15, 0.2) is 24.3 Å². The first-order valence-corrected chi connectivity index (χ1v) is 4.19. The summed E-state index contributed by atoms with van der Waals surface area (Å²) in [5.41, 5.74) is 1.000. The van der Waals surface area contributed by atoms with Crippen molar-refractivity contribution < 1.29 is 0 Å². The zero-order valence-electron chi connectivity index (χ0n) is 8.22. The van der Waals surface area contributed by atoms with Crippen LogP contribution in [-0.2, 0) is 0 Å². The normalized spacial score (nSPS) is 14.2. The zero-order valence-corrected chi connectivity index (χ0v) is 8.22. The molecule has 0 aliphatic carbocycles. The van der Waals surface area contributed by atoms with Crippen LogP contribution in [0, 0.1) is 16.7 Å². The molecular formula is C11H17N. The molecule has 0 heterocycles. The SMILES string of the molecule is C=CC[C@@](C)(C#N)CC=C(C)C. The Kier molecular flexibility index (Phi) is 4.36. The first kappa shape index (κ1) is 11.0. The van der Waals surface area contributed by atoms with Crippen LogP contribution >= 0.6 is 0 Å². The molecule has 0 aromatic rings. The van der Waals surface area contributed by atoms with Gasteiger partial charge in [-0.05, 0) is 33.6 Å². The van der Waals surface area contributed by atoms with Gasteiger partial charge in [-0.2, -0.15) is 5.26 Å². The van der Waals surface area contributed by atoms with Gasteiger partial charge in [-0.3, -0.25) is 0 Å². The summed E-state index contributed by atoms with van der Waals surface area (Å²) in [7, 11) is 0. The van der Waals surface area contributed by atoms with Gasteiger partial charge in [0, 0.05) is 0 Å². The molecule has 0 spiro atoms. The van der Waals surface area contributed by atoms with Crippen molar-refractivity contribution in [3.63, 3.8) is 0 Å². The standard InChI is InChI=1S/C11H17N/c1-5-7-11(4,9-12)8-6-10(2)3/h5-6H,1,7-8H2,2-4H3/t11-/m1/s1. The van der Waals surface area contributed by atoms with Gasteiger partial charge in [0.25, 0.3) is 0 Å². The van der Waals surface area contributed by atoms with E-state index in [4.69, 9.17) is 5.26 Å². The van der Waals surface area contributed by atoms with E-state index >= 15 is 0 Å². The summed E-state index contributed by atoms with van der Waals surface area (Å²) < 4.78 is 0. The molecule has 0 N–H and O–H groups in total. The van der Waals surface area contributed by atoms with Gasteiger partial charge in [0.05, 0.1) is 11.5 Å². The highest BCUT2D eigenvalue weighted by Gasteiger charge is 2.19. The van der Waals surface area contributed by atoms with Gasteiger partial charge in [-0.1, -0.05) is 17.7 Å². The number of nitrogens with zero attached hydrogens (tertiary/aromatic N) is 1. The third kappa shape index (κ3) is 3.98. The summed E-state index contributed by atoms with van der Waals surface area (Å²) in [5, 5.41) is 8.90. The molecule has 1 nitrogen and oxygen atoms in total. The van der Waals surface area contributed by atoms with Crippen molar-refractivity contribution >= 4 is 0 Å². The minimum absolute atomic E-state index is 0.265. The Hall–Kier alpha value is -1.03. The lowest BCUT2D eigenvalue weighted by molar-refractivity contribution is 0.455. The number of rotatable bonds is 4. The highest BCUT2D eigenvalue weighted by molar-refractivity contribution is 5.06. The van der Waals surface area contributed by atoms with Crippen LogP contribution in [0.3, 0.4) is 0 Å². The molecule has 1 atom stereocenters. The van der Waals surface area contributed by atoms with Crippen LogP contribution in [0.25, 0.3) is 0 Å². The largest absolute Gasteiger partial charge is 0.198 e. The van der Waals surface area contributed by atoms with E-state index in [0.717, 1.165) is 12.8 Å². The molecule has 0 fully saturated rings. The van der Waals surface area contributed by atoms with Gasteiger partial charge in [0.15, 0.2) is 0 Å². The van der Waals surface area contributed by atoms with Crippen LogP contribution in [0.4, 0.5) is 0 Å². The Morgan fingerprint density at radius 3 is 2.42 bits per heavy atom. The predicted octanol–water partition coefficient (Wildman–Crippen LogP) is 3.45. The van der Waals surface area contributed by atoms with Crippen LogP contribution < -0.4 is 0 Å². The third-order valence-electron chi connectivity index (χ3n) is 1.83. The fraction of sp³-hybridized carbons (Fsp3) is 0.545. The van der Waals surface area contributed by atoms with Gasteiger partial charge < -0.3 is 0 Å². The smallest absolute Gasteiger partial charge is 0.0693 e. The maximum absolute atomic E-state index is 8.90. The van der Waals surface area contributed by atoms with E-state index in [1.165, 1.54) is 5.57 Å². The van der Waals surface area contributed by atoms with Crippen LogP contribution in [0.2, 0.25) is 0 Å². The molecule has 12 heavy (non-hydrogen) atoms. The third-order valence-corrected chi connectivity index (χ3v) is 1.83. The quantitative estimate of drug-likeness (QED) is 0.582. The maximum Gasteiger partial charge on any atom is 0.0693 e. The topological polar surface area (TPSA) is 23.8 Å². The van der Waals surface area contributed by atoms with Crippen LogP contribution in [-0.4, -0.2) is 0 Å². The molecule has 0 aromatic heterocycles. The second-order valence-electron chi connectivity index (χ2n) is 3.65. The van der Waals surface area contributed by atoms with Crippen LogP contribution in [0.5, 0.6) is 0 Å². The molecule has 1 heteroatoms. The van der Waals surface area contributed by atoms with Crippen LogP contribution in [0.1, 0.15) is 33.6 Å².